The average Bonchev–Trinajstić information content (AvgIpc) is 3.42. The lowest BCUT2D eigenvalue weighted by atomic mass is 9.73. The molecule has 1 aromatic carbocycles. The maximum atomic E-state index is 13.3. The molecule has 8 heteroatoms. The van der Waals surface area contributed by atoms with Gasteiger partial charge in [0.1, 0.15) is 5.60 Å². The van der Waals surface area contributed by atoms with Gasteiger partial charge in [-0.15, -0.1) is 0 Å². The van der Waals surface area contributed by atoms with Gasteiger partial charge in [0.2, 0.25) is 0 Å². The Kier molecular flexibility index (Phi) is 4.17. The summed E-state index contributed by atoms with van der Waals surface area (Å²) < 4.78 is 5.47. The number of benzene rings is 1. The van der Waals surface area contributed by atoms with Crippen molar-refractivity contribution in [1.29, 1.82) is 0 Å². The van der Waals surface area contributed by atoms with Crippen LogP contribution in [0.25, 0.3) is 0 Å². The summed E-state index contributed by atoms with van der Waals surface area (Å²) in [6, 6.07) is 7.62. The van der Waals surface area contributed by atoms with Crippen molar-refractivity contribution in [2.75, 3.05) is 36.0 Å². The summed E-state index contributed by atoms with van der Waals surface area (Å²) in [7, 11) is 0. The molecule has 172 valence electrons. The maximum Gasteiger partial charge on any atom is 0.410 e. The van der Waals surface area contributed by atoms with Crippen LogP contribution in [0.5, 0.6) is 0 Å². The third kappa shape index (κ3) is 3.20. The van der Waals surface area contributed by atoms with Gasteiger partial charge in [-0.25, -0.2) is 4.79 Å². The molecule has 1 saturated carbocycles. The van der Waals surface area contributed by atoms with Gasteiger partial charge >= 0.3 is 6.09 Å². The van der Waals surface area contributed by atoms with E-state index in [2.05, 4.69) is 16.0 Å². The van der Waals surface area contributed by atoms with E-state index in [9.17, 15) is 9.59 Å². The molecule has 2 spiro atoms. The van der Waals surface area contributed by atoms with E-state index in [0.29, 0.717) is 5.02 Å². The molecule has 33 heavy (non-hydrogen) atoms. The first kappa shape index (κ1) is 20.8. The smallest absolute Gasteiger partial charge is 0.410 e. The summed E-state index contributed by atoms with van der Waals surface area (Å²) in [5.74, 6) is 0.0187. The van der Waals surface area contributed by atoms with Gasteiger partial charge in [-0.2, -0.15) is 0 Å². The summed E-state index contributed by atoms with van der Waals surface area (Å²) in [4.78, 5) is 36.0. The Balaban J connectivity index is 1.16. The van der Waals surface area contributed by atoms with Crippen molar-refractivity contribution >= 4 is 35.0 Å². The number of aromatic nitrogens is 1. The second kappa shape index (κ2) is 6.63. The number of hydrogen-bond donors (Lipinski definition) is 0. The number of rotatable bonds is 2. The molecule has 3 aliphatic heterocycles. The van der Waals surface area contributed by atoms with Crippen molar-refractivity contribution in [2.24, 2.45) is 5.41 Å². The number of carbonyl (C=O) groups is 2. The quantitative estimate of drug-likeness (QED) is 0.654. The number of fused-ring (bicyclic) bond motifs is 2. The number of anilines is 2. The van der Waals surface area contributed by atoms with Gasteiger partial charge in [0.25, 0.3) is 5.91 Å². The number of ether oxygens (including phenoxy) is 1. The average molecular weight is 467 g/mol. The molecule has 1 aliphatic carbocycles. The molecule has 0 N–H and O–H groups in total. The minimum Gasteiger partial charge on any atom is -0.444 e. The normalized spacial score (nSPS) is 21.7. The Morgan fingerprint density at radius 3 is 2.42 bits per heavy atom. The van der Waals surface area contributed by atoms with Crippen LogP contribution in [-0.2, 0) is 10.3 Å². The molecule has 4 heterocycles. The first-order valence-corrected chi connectivity index (χ1v) is 11.8. The number of hydrogen-bond acceptors (Lipinski definition) is 5. The van der Waals surface area contributed by atoms with Gasteiger partial charge in [0.05, 0.1) is 29.3 Å². The fraction of sp³-hybridized carbons (Fsp3) is 0.480. The standard InChI is InChI=1S/C25H27ClN4O3/c1-23(2,3)33-22(32)29-14-24(15-29)12-28(13-24)17-9-18(11-27-10-17)30-21(31)19-5-4-16(26)8-20(19)25(30)6-7-25/h4-5,8-11H,6-7,12-15H2,1-3H3. The number of carbonyl (C=O) groups excluding carboxylic acids is 2. The first-order valence-electron chi connectivity index (χ1n) is 11.4. The Morgan fingerprint density at radius 1 is 1.06 bits per heavy atom. The number of amides is 2. The zero-order valence-corrected chi connectivity index (χ0v) is 19.9. The maximum absolute atomic E-state index is 13.3. The second-order valence-corrected chi connectivity index (χ2v) is 11.4. The fourth-order valence-corrected chi connectivity index (χ4v) is 5.75. The molecule has 7 nitrogen and oxygen atoms in total. The molecule has 0 atom stereocenters. The highest BCUT2D eigenvalue weighted by Crippen LogP contribution is 2.58. The van der Waals surface area contributed by atoms with Crippen molar-refractivity contribution in [2.45, 2.75) is 44.8 Å². The van der Waals surface area contributed by atoms with Crippen LogP contribution in [0.1, 0.15) is 49.5 Å². The highest BCUT2D eigenvalue weighted by atomic mass is 35.5. The zero-order chi connectivity index (χ0) is 23.2. The van der Waals surface area contributed by atoms with E-state index in [1.165, 1.54) is 0 Å². The van der Waals surface area contributed by atoms with E-state index >= 15 is 0 Å². The third-order valence-corrected chi connectivity index (χ3v) is 7.39. The predicted molar refractivity (Wildman–Crippen MR) is 126 cm³/mol. The highest BCUT2D eigenvalue weighted by molar-refractivity contribution is 6.31. The Hall–Kier alpha value is -2.80. The van der Waals surface area contributed by atoms with E-state index < -0.39 is 5.60 Å². The summed E-state index contributed by atoms with van der Waals surface area (Å²) in [6.45, 7) is 8.82. The van der Waals surface area contributed by atoms with Gasteiger partial charge < -0.3 is 14.5 Å². The monoisotopic (exact) mass is 466 g/mol. The largest absolute Gasteiger partial charge is 0.444 e. The van der Waals surface area contributed by atoms with Gasteiger partial charge in [0, 0.05) is 42.2 Å². The molecule has 2 saturated heterocycles. The molecular formula is C25H27ClN4O3. The number of pyridine rings is 1. The SMILES string of the molecule is CC(C)(C)OC(=O)N1CC2(C1)CN(c1cncc(N3C(=O)c4ccc(Cl)cc4C34CC4)c1)C2. The van der Waals surface area contributed by atoms with Crippen molar-refractivity contribution in [1.82, 2.24) is 9.88 Å². The lowest BCUT2D eigenvalue weighted by Crippen LogP contribution is -2.73. The van der Waals surface area contributed by atoms with Gasteiger partial charge in [-0.1, -0.05) is 11.6 Å². The van der Waals surface area contributed by atoms with Crippen LogP contribution in [-0.4, -0.2) is 53.7 Å². The number of likely N-dealkylation sites (tertiary alicyclic amines) is 1. The lowest BCUT2D eigenvalue weighted by molar-refractivity contribution is -0.0453. The van der Waals surface area contributed by atoms with Gasteiger partial charge in [0.15, 0.2) is 0 Å². The summed E-state index contributed by atoms with van der Waals surface area (Å²) in [5, 5.41) is 0.661. The summed E-state index contributed by atoms with van der Waals surface area (Å²) >= 11 is 6.24. The first-order chi connectivity index (χ1) is 15.6. The van der Waals surface area contributed by atoms with Crippen molar-refractivity contribution < 1.29 is 14.3 Å². The second-order valence-electron chi connectivity index (χ2n) is 11.0. The van der Waals surface area contributed by atoms with E-state index in [4.69, 9.17) is 16.3 Å². The van der Waals surface area contributed by atoms with Crippen LogP contribution in [0.3, 0.4) is 0 Å². The van der Waals surface area contributed by atoms with E-state index in [0.717, 1.165) is 61.5 Å². The van der Waals surface area contributed by atoms with Crippen molar-refractivity contribution in [3.05, 3.63) is 52.8 Å². The minimum atomic E-state index is -0.478. The summed E-state index contributed by atoms with van der Waals surface area (Å²) in [6.07, 6.45) is 5.26. The summed E-state index contributed by atoms with van der Waals surface area (Å²) in [5.41, 5.74) is 2.97. The Morgan fingerprint density at radius 2 is 1.76 bits per heavy atom. The molecule has 1 aromatic heterocycles. The van der Waals surface area contributed by atoms with Crippen LogP contribution in [0.2, 0.25) is 5.02 Å². The molecule has 2 aromatic rings. The van der Waals surface area contributed by atoms with Gasteiger partial charge in [-0.3, -0.25) is 14.7 Å². The third-order valence-electron chi connectivity index (χ3n) is 7.16. The van der Waals surface area contributed by atoms with E-state index in [1.54, 1.807) is 17.2 Å². The van der Waals surface area contributed by atoms with Crippen LogP contribution in [0, 0.1) is 5.41 Å². The van der Waals surface area contributed by atoms with E-state index in [-0.39, 0.29) is 23.0 Å². The topological polar surface area (TPSA) is 66.0 Å². The minimum absolute atomic E-state index is 0.0187. The Bertz CT molecular complexity index is 1170. The van der Waals surface area contributed by atoms with Crippen molar-refractivity contribution in [3.8, 4) is 0 Å². The molecule has 4 aliphatic rings. The lowest BCUT2D eigenvalue weighted by Gasteiger charge is -2.60. The van der Waals surface area contributed by atoms with E-state index in [1.807, 2.05) is 44.0 Å². The zero-order valence-electron chi connectivity index (χ0n) is 19.1. The molecule has 3 fully saturated rings. The van der Waals surface area contributed by atoms with Crippen LogP contribution in [0.4, 0.5) is 16.2 Å². The molecule has 0 radical (unpaired) electrons. The predicted octanol–water partition coefficient (Wildman–Crippen LogP) is 4.44. The fourth-order valence-electron chi connectivity index (χ4n) is 5.58. The number of nitrogens with zero attached hydrogens (tertiary/aromatic N) is 4. The Labute approximate surface area is 198 Å². The number of halogens is 1. The molecule has 6 rings (SSSR count). The van der Waals surface area contributed by atoms with Crippen LogP contribution >= 0.6 is 11.6 Å². The molecule has 0 unspecified atom stereocenters. The molecular weight excluding hydrogens is 440 g/mol. The van der Waals surface area contributed by atoms with Crippen molar-refractivity contribution in [3.63, 3.8) is 0 Å². The van der Waals surface area contributed by atoms with Crippen LogP contribution in [0.15, 0.2) is 36.7 Å². The molecule has 0 bridgehead atoms. The van der Waals surface area contributed by atoms with Crippen LogP contribution < -0.4 is 9.80 Å². The highest BCUT2D eigenvalue weighted by Gasteiger charge is 2.59. The molecule has 2 amide bonds. The van der Waals surface area contributed by atoms with Gasteiger partial charge in [-0.05, 0) is 63.4 Å².